The van der Waals surface area contributed by atoms with Crippen molar-refractivity contribution in [2.45, 2.75) is 118 Å². The second-order valence-electron chi connectivity index (χ2n) is 13.8. The average Bonchev–Trinajstić information content (AvgIpc) is 3.29. The van der Waals surface area contributed by atoms with Crippen molar-refractivity contribution >= 4 is 11.9 Å². The van der Waals surface area contributed by atoms with Gasteiger partial charge in [0.15, 0.2) is 0 Å². The van der Waals surface area contributed by atoms with E-state index in [1.165, 1.54) is 49.9 Å². The Hall–Kier alpha value is -1.52. The Balaban J connectivity index is 1.26. The fourth-order valence-corrected chi connectivity index (χ4v) is 9.94. The molecule has 0 unspecified atom stereocenters. The van der Waals surface area contributed by atoms with E-state index >= 15 is 0 Å². The molecular formula is C31H49NO4. The summed E-state index contributed by atoms with van der Waals surface area (Å²) in [5.74, 6) is 5.32. The van der Waals surface area contributed by atoms with Crippen molar-refractivity contribution in [3.8, 4) is 0 Å². The molecule has 202 valence electrons. The molecule has 4 saturated carbocycles. The van der Waals surface area contributed by atoms with Crippen LogP contribution in [0.1, 0.15) is 106 Å². The first-order chi connectivity index (χ1) is 17.0. The molecule has 0 aromatic carbocycles. The standard InChI is InChI=1S/C31H49NO4/c1-18(17-32-20(3)33)7-10-27-19(2)29-28(36-27)16-26-24-9-8-22-15-23(35-21(4)34)11-13-30(22,5)25(24)12-14-31(26,29)6/h18,22-26,28-29H,7-17H2,1-6H3,(H,32,33)/t18-,22+,23-,24-,25+,26+,28-,29+,30+,31+/m1/s1. The van der Waals surface area contributed by atoms with Crippen LogP contribution in [0.5, 0.6) is 0 Å². The molecule has 0 bridgehead atoms. The van der Waals surface area contributed by atoms with E-state index in [2.05, 4.69) is 33.0 Å². The zero-order valence-corrected chi connectivity index (χ0v) is 23.5. The van der Waals surface area contributed by atoms with E-state index in [1.54, 1.807) is 13.8 Å². The van der Waals surface area contributed by atoms with E-state index in [4.69, 9.17) is 9.47 Å². The lowest BCUT2D eigenvalue weighted by Gasteiger charge is -2.61. The van der Waals surface area contributed by atoms with Crippen LogP contribution in [0.4, 0.5) is 0 Å². The molecule has 5 heteroatoms. The summed E-state index contributed by atoms with van der Waals surface area (Å²) in [5, 5.41) is 2.96. The summed E-state index contributed by atoms with van der Waals surface area (Å²) in [6.45, 7) is 13.6. The van der Waals surface area contributed by atoms with Gasteiger partial charge in [0.2, 0.25) is 5.91 Å². The summed E-state index contributed by atoms with van der Waals surface area (Å²) in [6.07, 6.45) is 12.4. The van der Waals surface area contributed by atoms with Gasteiger partial charge in [-0.05, 0) is 111 Å². The highest BCUT2D eigenvalue weighted by Gasteiger charge is 2.64. The average molecular weight is 500 g/mol. The van der Waals surface area contributed by atoms with Gasteiger partial charge < -0.3 is 14.8 Å². The van der Waals surface area contributed by atoms with E-state index < -0.39 is 0 Å². The Bertz CT molecular complexity index is 912. The molecule has 5 rings (SSSR count). The van der Waals surface area contributed by atoms with Gasteiger partial charge >= 0.3 is 5.97 Å². The first kappa shape index (κ1) is 26.1. The molecule has 0 radical (unpaired) electrons. The van der Waals surface area contributed by atoms with Crippen molar-refractivity contribution in [1.29, 1.82) is 0 Å². The van der Waals surface area contributed by atoms with Crippen molar-refractivity contribution in [1.82, 2.24) is 5.32 Å². The number of allylic oxidation sites excluding steroid dienone is 1. The Morgan fingerprint density at radius 2 is 1.81 bits per heavy atom. The van der Waals surface area contributed by atoms with Gasteiger partial charge in [0.1, 0.15) is 12.2 Å². The number of hydrogen-bond donors (Lipinski definition) is 1. The van der Waals surface area contributed by atoms with Gasteiger partial charge in [-0.2, -0.15) is 0 Å². The Morgan fingerprint density at radius 1 is 1.06 bits per heavy atom. The largest absolute Gasteiger partial charge is 0.494 e. The molecule has 1 aliphatic heterocycles. The molecule has 5 aliphatic rings. The molecule has 1 amide bonds. The van der Waals surface area contributed by atoms with Crippen molar-refractivity contribution in [3.63, 3.8) is 0 Å². The molecule has 4 aliphatic carbocycles. The van der Waals surface area contributed by atoms with Gasteiger partial charge in [-0.1, -0.05) is 20.8 Å². The van der Waals surface area contributed by atoms with Crippen LogP contribution in [-0.2, 0) is 19.1 Å². The van der Waals surface area contributed by atoms with Crippen LogP contribution in [0.2, 0.25) is 0 Å². The zero-order chi connectivity index (χ0) is 25.8. The van der Waals surface area contributed by atoms with Crippen LogP contribution in [0.15, 0.2) is 11.3 Å². The smallest absolute Gasteiger partial charge is 0.302 e. The van der Waals surface area contributed by atoms with Gasteiger partial charge in [0, 0.05) is 32.7 Å². The second kappa shape index (κ2) is 9.66. The number of nitrogens with one attached hydrogen (secondary N) is 1. The number of rotatable bonds is 6. The molecule has 10 atom stereocenters. The quantitative estimate of drug-likeness (QED) is 0.429. The topological polar surface area (TPSA) is 64.6 Å². The normalized spacial score (nSPS) is 44.0. The third-order valence-corrected chi connectivity index (χ3v) is 11.7. The number of fused-ring (bicyclic) bond motifs is 7. The molecule has 0 saturated heterocycles. The SMILES string of the molecule is CC(=O)NC[C@H](C)CCC1=C(C)[C@H]2[C@@H](C[C@H]3[C@@H]4CC[C@H]5C[C@H](OC(C)=O)CC[C@]5(C)[C@H]4CC[C@@]32C)O1. The van der Waals surface area contributed by atoms with Crippen molar-refractivity contribution < 1.29 is 19.1 Å². The first-order valence-electron chi connectivity index (χ1n) is 14.8. The number of ether oxygens (including phenoxy) is 2. The molecule has 1 N–H and O–H groups in total. The molecule has 5 nitrogen and oxygen atoms in total. The summed E-state index contributed by atoms with van der Waals surface area (Å²) in [4.78, 5) is 22.8. The summed E-state index contributed by atoms with van der Waals surface area (Å²) in [7, 11) is 0. The highest BCUT2D eigenvalue weighted by Crippen LogP contribution is 2.69. The Morgan fingerprint density at radius 3 is 2.53 bits per heavy atom. The van der Waals surface area contributed by atoms with E-state index in [0.29, 0.717) is 34.7 Å². The lowest BCUT2D eigenvalue weighted by Crippen LogP contribution is -2.54. The number of esters is 1. The fraction of sp³-hybridized carbons (Fsp3) is 0.871. The number of carbonyl (C=O) groups excluding carboxylic acids is 2. The monoisotopic (exact) mass is 499 g/mol. The molecule has 1 heterocycles. The summed E-state index contributed by atoms with van der Waals surface area (Å²) < 4.78 is 12.4. The molecule has 36 heavy (non-hydrogen) atoms. The minimum Gasteiger partial charge on any atom is -0.494 e. The number of amides is 1. The minimum atomic E-state index is -0.117. The molecule has 0 spiro atoms. The number of hydrogen-bond acceptors (Lipinski definition) is 4. The first-order valence-corrected chi connectivity index (χ1v) is 14.8. The minimum absolute atomic E-state index is 0.0544. The fourth-order valence-electron chi connectivity index (χ4n) is 9.94. The highest BCUT2D eigenvalue weighted by atomic mass is 16.5. The van der Waals surface area contributed by atoms with Crippen molar-refractivity contribution in [2.24, 2.45) is 46.3 Å². The zero-order valence-electron chi connectivity index (χ0n) is 23.5. The number of carbonyl (C=O) groups is 2. The van der Waals surface area contributed by atoms with E-state index in [9.17, 15) is 9.59 Å². The van der Waals surface area contributed by atoms with Crippen LogP contribution in [0.3, 0.4) is 0 Å². The van der Waals surface area contributed by atoms with Gasteiger partial charge in [-0.3, -0.25) is 9.59 Å². The van der Waals surface area contributed by atoms with E-state index in [-0.39, 0.29) is 18.0 Å². The lowest BCUT2D eigenvalue weighted by molar-refractivity contribution is -0.159. The third-order valence-electron chi connectivity index (χ3n) is 11.7. The van der Waals surface area contributed by atoms with Crippen LogP contribution in [-0.4, -0.2) is 30.6 Å². The van der Waals surface area contributed by atoms with Crippen molar-refractivity contribution in [3.05, 3.63) is 11.3 Å². The maximum Gasteiger partial charge on any atom is 0.302 e. The molecular weight excluding hydrogens is 450 g/mol. The molecule has 4 fully saturated rings. The van der Waals surface area contributed by atoms with Crippen LogP contribution in [0, 0.1) is 46.3 Å². The third kappa shape index (κ3) is 4.41. The summed E-state index contributed by atoms with van der Waals surface area (Å²) >= 11 is 0. The highest BCUT2D eigenvalue weighted by molar-refractivity contribution is 5.72. The molecule has 0 aromatic heterocycles. The van der Waals surface area contributed by atoms with E-state index in [0.717, 1.165) is 50.0 Å². The maximum absolute atomic E-state index is 11.6. The van der Waals surface area contributed by atoms with Gasteiger partial charge in [0.25, 0.3) is 0 Å². The summed E-state index contributed by atoms with van der Waals surface area (Å²) in [5.41, 5.74) is 2.29. The van der Waals surface area contributed by atoms with Crippen LogP contribution in [0.25, 0.3) is 0 Å². The predicted octanol–water partition coefficient (Wildman–Crippen LogP) is 6.41. The van der Waals surface area contributed by atoms with Crippen LogP contribution < -0.4 is 5.32 Å². The van der Waals surface area contributed by atoms with Gasteiger partial charge in [-0.25, -0.2) is 0 Å². The van der Waals surface area contributed by atoms with Gasteiger partial charge in [0.05, 0.1) is 5.76 Å². The van der Waals surface area contributed by atoms with Gasteiger partial charge in [-0.15, -0.1) is 0 Å². The molecule has 0 aromatic rings. The summed E-state index contributed by atoms with van der Waals surface area (Å²) in [6, 6.07) is 0. The van der Waals surface area contributed by atoms with Crippen molar-refractivity contribution in [2.75, 3.05) is 6.54 Å². The predicted molar refractivity (Wildman–Crippen MR) is 141 cm³/mol. The Labute approximate surface area is 218 Å². The second-order valence-corrected chi connectivity index (χ2v) is 13.8. The Kier molecular flexibility index (Phi) is 7.00. The van der Waals surface area contributed by atoms with Crippen LogP contribution >= 0.6 is 0 Å². The van der Waals surface area contributed by atoms with E-state index in [1.807, 2.05) is 0 Å². The lowest BCUT2D eigenvalue weighted by atomic mass is 9.44. The maximum atomic E-state index is 11.6.